The fourth-order valence-electron chi connectivity index (χ4n) is 5.62. The predicted molar refractivity (Wildman–Crippen MR) is 114 cm³/mol. The van der Waals surface area contributed by atoms with Gasteiger partial charge in [0.05, 0.1) is 6.61 Å². The lowest BCUT2D eigenvalue weighted by molar-refractivity contribution is -0.172. The highest BCUT2D eigenvalue weighted by Gasteiger charge is 2.57. The Morgan fingerprint density at radius 1 is 0.640 bits per heavy atom. The Bertz CT molecular complexity index is 354. The van der Waals surface area contributed by atoms with Crippen molar-refractivity contribution in [3.05, 3.63) is 0 Å². The quantitative estimate of drug-likeness (QED) is 0.472. The van der Waals surface area contributed by atoms with Gasteiger partial charge in [-0.15, -0.1) is 0 Å². The molecule has 0 aromatic rings. The first-order valence-electron chi connectivity index (χ1n) is 10.3. The minimum absolute atomic E-state index is 0.0905. The zero-order valence-corrected chi connectivity index (χ0v) is 20.2. The monoisotopic (exact) mass is 354 g/mol. The molecule has 0 amide bonds. The molecule has 0 aromatic heterocycles. The highest BCUT2D eigenvalue weighted by atomic mass is 16.5. The molecule has 1 atom stereocenters. The smallest absolute Gasteiger partial charge is 0.0537 e. The maximum absolute atomic E-state index is 6.57. The van der Waals surface area contributed by atoms with Crippen LogP contribution in [0.4, 0.5) is 0 Å². The van der Waals surface area contributed by atoms with Gasteiger partial charge in [-0.2, -0.15) is 0 Å². The minimum Gasteiger partial charge on any atom is -0.381 e. The molecule has 0 heterocycles. The van der Waals surface area contributed by atoms with Gasteiger partial charge in [0, 0.05) is 12.0 Å². The first-order chi connectivity index (χ1) is 10.8. The maximum atomic E-state index is 6.57. The van der Waals surface area contributed by atoms with Gasteiger partial charge in [0.2, 0.25) is 0 Å². The summed E-state index contributed by atoms with van der Waals surface area (Å²) in [6.45, 7) is 34.9. The zero-order valence-electron chi connectivity index (χ0n) is 20.2. The van der Waals surface area contributed by atoms with Crippen LogP contribution in [0.25, 0.3) is 0 Å². The summed E-state index contributed by atoms with van der Waals surface area (Å²) in [4.78, 5) is 0. The lowest BCUT2D eigenvalue weighted by Gasteiger charge is -2.61. The van der Waals surface area contributed by atoms with E-state index >= 15 is 0 Å². The molecule has 1 nitrogen and oxygen atoms in total. The van der Waals surface area contributed by atoms with E-state index in [4.69, 9.17) is 4.74 Å². The van der Waals surface area contributed by atoms with Crippen LogP contribution in [0.3, 0.4) is 0 Å². The average molecular weight is 355 g/mol. The van der Waals surface area contributed by atoms with Gasteiger partial charge in [-0.05, 0) is 39.9 Å². The minimum atomic E-state index is 0.0905. The summed E-state index contributed by atoms with van der Waals surface area (Å²) in [5.74, 6) is 1.32. The molecule has 0 saturated heterocycles. The molecule has 0 aliphatic heterocycles. The molecule has 0 aliphatic carbocycles. The highest BCUT2D eigenvalue weighted by Crippen LogP contribution is 2.61. The molecule has 25 heavy (non-hydrogen) atoms. The molecule has 1 unspecified atom stereocenters. The number of hydrogen-bond acceptors (Lipinski definition) is 1. The summed E-state index contributed by atoms with van der Waals surface area (Å²) in [6, 6.07) is 0. The molecule has 0 N–H and O–H groups in total. The van der Waals surface area contributed by atoms with E-state index in [2.05, 4.69) is 96.9 Å². The van der Waals surface area contributed by atoms with Gasteiger partial charge >= 0.3 is 0 Å². The van der Waals surface area contributed by atoms with E-state index in [0.29, 0.717) is 11.8 Å². The average Bonchev–Trinajstić information content (AvgIpc) is 2.25. The van der Waals surface area contributed by atoms with E-state index < -0.39 is 0 Å². The molecule has 0 aliphatic rings. The van der Waals surface area contributed by atoms with E-state index in [1.807, 2.05) is 0 Å². The Hall–Kier alpha value is -0.0400. The lowest BCUT2D eigenvalue weighted by Crippen LogP contribution is -2.57. The van der Waals surface area contributed by atoms with Crippen LogP contribution >= 0.6 is 0 Å². The van der Waals surface area contributed by atoms with Crippen LogP contribution in [0, 0.1) is 38.9 Å². The van der Waals surface area contributed by atoms with Crippen molar-refractivity contribution in [3.8, 4) is 0 Å². The van der Waals surface area contributed by atoms with Crippen LogP contribution < -0.4 is 0 Å². The summed E-state index contributed by atoms with van der Waals surface area (Å²) < 4.78 is 6.57. The predicted octanol–water partition coefficient (Wildman–Crippen LogP) is 7.84. The van der Waals surface area contributed by atoms with Gasteiger partial charge in [0.1, 0.15) is 0 Å². The summed E-state index contributed by atoms with van der Waals surface area (Å²) in [6.07, 6.45) is 1.23. The van der Waals surface area contributed by atoms with E-state index in [1.54, 1.807) is 0 Å². The number of hydrogen-bond donors (Lipinski definition) is 0. The van der Waals surface area contributed by atoms with Gasteiger partial charge in [0.15, 0.2) is 0 Å². The number of ether oxygens (including phenoxy) is 1. The third-order valence-corrected chi connectivity index (χ3v) is 6.46. The third kappa shape index (κ3) is 5.98. The van der Waals surface area contributed by atoms with E-state index in [1.165, 1.54) is 6.42 Å². The molecule has 0 radical (unpaired) electrons. The molecular formula is C24H50O. The summed E-state index contributed by atoms with van der Waals surface area (Å²) in [7, 11) is 0. The Balaban J connectivity index is 5.57. The van der Waals surface area contributed by atoms with Gasteiger partial charge in [0.25, 0.3) is 0 Å². The molecule has 152 valence electrons. The highest BCUT2D eigenvalue weighted by molar-refractivity contribution is 5.05. The fraction of sp³-hybridized carbons (Fsp3) is 1.00. The normalized spacial score (nSPS) is 16.4. The van der Waals surface area contributed by atoms with Crippen molar-refractivity contribution in [2.45, 2.75) is 103 Å². The van der Waals surface area contributed by atoms with Crippen molar-refractivity contribution in [2.24, 2.45) is 38.9 Å². The van der Waals surface area contributed by atoms with Crippen LogP contribution in [0.5, 0.6) is 0 Å². The maximum Gasteiger partial charge on any atom is 0.0537 e. The number of rotatable bonds is 6. The Labute approximate surface area is 160 Å². The van der Waals surface area contributed by atoms with Crippen LogP contribution in [0.2, 0.25) is 0 Å². The van der Waals surface area contributed by atoms with Gasteiger partial charge in [-0.1, -0.05) is 96.9 Å². The largest absolute Gasteiger partial charge is 0.381 e. The van der Waals surface area contributed by atoms with Crippen molar-refractivity contribution in [2.75, 3.05) is 13.2 Å². The van der Waals surface area contributed by atoms with Crippen LogP contribution in [0.1, 0.15) is 103 Å². The molecule has 0 aromatic carbocycles. The van der Waals surface area contributed by atoms with E-state index in [-0.39, 0.29) is 27.1 Å². The SMILES string of the molecule is CC(C)CC(COCC(C(C)(C)C)(C(C)(C)C)C(C)(C)C)C(C)(C)C. The Morgan fingerprint density at radius 2 is 1.00 bits per heavy atom. The molecule has 1 heteroatoms. The van der Waals surface area contributed by atoms with Crippen molar-refractivity contribution in [1.82, 2.24) is 0 Å². The first kappa shape index (κ1) is 25.0. The third-order valence-electron chi connectivity index (χ3n) is 6.46. The Morgan fingerprint density at radius 3 is 1.24 bits per heavy atom. The van der Waals surface area contributed by atoms with Crippen LogP contribution in [-0.4, -0.2) is 13.2 Å². The summed E-state index contributed by atoms with van der Waals surface area (Å²) in [5, 5.41) is 0. The molecule has 0 fully saturated rings. The summed E-state index contributed by atoms with van der Waals surface area (Å²) in [5.41, 5.74) is 0.877. The second kappa shape index (κ2) is 7.91. The topological polar surface area (TPSA) is 9.23 Å². The van der Waals surface area contributed by atoms with Gasteiger partial charge in [-0.25, -0.2) is 0 Å². The van der Waals surface area contributed by atoms with Crippen LogP contribution in [-0.2, 0) is 4.74 Å². The van der Waals surface area contributed by atoms with Gasteiger partial charge in [-0.3, -0.25) is 0 Å². The van der Waals surface area contributed by atoms with Crippen molar-refractivity contribution in [1.29, 1.82) is 0 Å². The molecule has 0 bridgehead atoms. The second-order valence-corrected chi connectivity index (χ2v) is 12.9. The Kier molecular flexibility index (Phi) is 7.90. The van der Waals surface area contributed by atoms with Crippen molar-refractivity contribution in [3.63, 3.8) is 0 Å². The van der Waals surface area contributed by atoms with Crippen molar-refractivity contribution < 1.29 is 4.74 Å². The zero-order chi connectivity index (χ0) is 20.5. The standard InChI is InChI=1S/C24H50O/c1-18(2)15-19(20(3,4)5)16-25-17-24(21(6,7)8,22(9,10)11)23(12,13)14/h18-19H,15-17H2,1-14H3. The molecule has 0 rings (SSSR count). The molecule has 0 saturated carbocycles. The van der Waals surface area contributed by atoms with E-state index in [9.17, 15) is 0 Å². The fourth-order valence-corrected chi connectivity index (χ4v) is 5.62. The van der Waals surface area contributed by atoms with Gasteiger partial charge < -0.3 is 4.74 Å². The molecule has 0 spiro atoms. The lowest BCUT2D eigenvalue weighted by atomic mass is 9.45. The van der Waals surface area contributed by atoms with E-state index in [0.717, 1.165) is 13.2 Å². The summed E-state index contributed by atoms with van der Waals surface area (Å²) >= 11 is 0. The van der Waals surface area contributed by atoms with Crippen LogP contribution in [0.15, 0.2) is 0 Å². The first-order valence-corrected chi connectivity index (χ1v) is 10.3. The molecular weight excluding hydrogens is 304 g/mol. The second-order valence-electron chi connectivity index (χ2n) is 12.9. The van der Waals surface area contributed by atoms with Crippen molar-refractivity contribution >= 4 is 0 Å².